The van der Waals surface area contributed by atoms with Crippen molar-refractivity contribution in [3.63, 3.8) is 0 Å². The second-order valence-corrected chi connectivity index (χ2v) is 7.79. The van der Waals surface area contributed by atoms with Crippen LogP contribution in [0.4, 0.5) is 17.1 Å². The molecule has 33 heavy (non-hydrogen) atoms. The van der Waals surface area contributed by atoms with Gasteiger partial charge in [-0.15, -0.1) is 10.2 Å². The topological polar surface area (TPSA) is 137 Å². The van der Waals surface area contributed by atoms with Gasteiger partial charge in [-0.05, 0) is 19.1 Å². The average molecular weight is 466 g/mol. The number of aromatic nitrogens is 3. The minimum absolute atomic E-state index is 0.0222. The molecule has 0 saturated heterocycles. The van der Waals surface area contributed by atoms with Gasteiger partial charge >= 0.3 is 5.56 Å². The van der Waals surface area contributed by atoms with Crippen LogP contribution in [0.3, 0.4) is 0 Å². The summed E-state index contributed by atoms with van der Waals surface area (Å²) >= 11 is 1.21. The van der Waals surface area contributed by atoms with Crippen molar-refractivity contribution in [1.29, 1.82) is 0 Å². The van der Waals surface area contributed by atoms with Gasteiger partial charge < -0.3 is 9.47 Å². The van der Waals surface area contributed by atoms with Crippen molar-refractivity contribution in [2.45, 2.75) is 6.92 Å². The summed E-state index contributed by atoms with van der Waals surface area (Å²) in [5.41, 5.74) is 1.20. The van der Waals surface area contributed by atoms with E-state index in [1.807, 2.05) is 0 Å². The molecule has 0 amide bonds. The fourth-order valence-electron chi connectivity index (χ4n) is 3.04. The van der Waals surface area contributed by atoms with Gasteiger partial charge in [-0.1, -0.05) is 23.5 Å². The number of H-pyrrole nitrogens is 1. The monoisotopic (exact) mass is 466 g/mol. The maximum absolute atomic E-state index is 13.0. The van der Waals surface area contributed by atoms with Gasteiger partial charge in [0.05, 0.1) is 29.7 Å². The van der Waals surface area contributed by atoms with Crippen molar-refractivity contribution in [2.24, 2.45) is 10.2 Å². The predicted molar refractivity (Wildman–Crippen MR) is 123 cm³/mol. The lowest BCUT2D eigenvalue weighted by Gasteiger charge is -2.05. The van der Waals surface area contributed by atoms with Crippen molar-refractivity contribution >= 4 is 28.4 Å². The van der Waals surface area contributed by atoms with Crippen molar-refractivity contribution < 1.29 is 14.4 Å². The van der Waals surface area contributed by atoms with Crippen LogP contribution in [0.15, 0.2) is 63.7 Å². The van der Waals surface area contributed by atoms with E-state index in [0.717, 1.165) is 0 Å². The van der Waals surface area contributed by atoms with Crippen molar-refractivity contribution in [3.8, 4) is 27.1 Å². The van der Waals surface area contributed by atoms with Crippen LogP contribution < -0.4 is 15.0 Å². The molecule has 0 aliphatic carbocycles. The molecule has 4 aromatic rings. The van der Waals surface area contributed by atoms with Crippen molar-refractivity contribution in [3.05, 3.63) is 74.8 Å². The summed E-state index contributed by atoms with van der Waals surface area (Å²) in [5, 5.41) is 22.7. The van der Waals surface area contributed by atoms with E-state index >= 15 is 0 Å². The number of methoxy groups -OCH3 is 2. The maximum atomic E-state index is 13.0. The summed E-state index contributed by atoms with van der Waals surface area (Å²) < 4.78 is 11.7. The number of non-ortho nitro benzene ring substituents is 1. The van der Waals surface area contributed by atoms with E-state index in [-0.39, 0.29) is 11.4 Å². The van der Waals surface area contributed by atoms with Crippen molar-refractivity contribution in [1.82, 2.24) is 14.8 Å². The number of ether oxygens (including phenoxy) is 2. The standard InChI is InChI=1S/C21H18N6O5S/c1-12-19(24-23-16-10-15(31-2)7-8-17(16)32-3)20(28)26(25-12)21-22-11-18(33-21)13-5-4-6-14(9-13)27(29)30/h4-11,25H,1-3H3. The quantitative estimate of drug-likeness (QED) is 0.233. The Morgan fingerprint density at radius 3 is 2.70 bits per heavy atom. The molecule has 0 spiro atoms. The van der Waals surface area contributed by atoms with Gasteiger partial charge in [0, 0.05) is 30.0 Å². The molecule has 0 saturated carbocycles. The summed E-state index contributed by atoms with van der Waals surface area (Å²) in [6, 6.07) is 11.3. The summed E-state index contributed by atoms with van der Waals surface area (Å²) in [6.45, 7) is 1.70. The van der Waals surface area contributed by atoms with E-state index < -0.39 is 10.5 Å². The molecule has 2 heterocycles. The molecule has 2 aromatic carbocycles. The molecule has 11 nitrogen and oxygen atoms in total. The van der Waals surface area contributed by atoms with Crippen LogP contribution in [0.25, 0.3) is 15.6 Å². The SMILES string of the molecule is COc1ccc(OC)c(N=Nc2c(C)[nH]n(-c3ncc(-c4cccc([N+](=O)[O-])c4)s3)c2=O)c1. The van der Waals surface area contributed by atoms with Gasteiger partial charge in [0.15, 0.2) is 5.69 Å². The molecule has 0 radical (unpaired) electrons. The molecular weight excluding hydrogens is 448 g/mol. The number of nitrogens with one attached hydrogen (secondary N) is 1. The van der Waals surface area contributed by atoms with Gasteiger partial charge in [0.25, 0.3) is 5.69 Å². The molecular formula is C21H18N6O5S. The zero-order valence-electron chi connectivity index (χ0n) is 17.8. The average Bonchev–Trinajstić information content (AvgIpc) is 3.42. The van der Waals surface area contributed by atoms with Crippen molar-refractivity contribution in [2.75, 3.05) is 14.2 Å². The lowest BCUT2D eigenvalue weighted by atomic mass is 10.2. The number of nitro groups is 1. The van der Waals surface area contributed by atoms with Gasteiger partial charge in [-0.3, -0.25) is 20.0 Å². The molecule has 12 heteroatoms. The molecule has 2 aromatic heterocycles. The van der Waals surface area contributed by atoms with E-state index in [2.05, 4.69) is 20.3 Å². The first-order valence-electron chi connectivity index (χ1n) is 9.57. The van der Waals surface area contributed by atoms with Crippen LogP contribution in [0.1, 0.15) is 5.69 Å². The number of aromatic amines is 1. The van der Waals surface area contributed by atoms with E-state index in [0.29, 0.717) is 38.5 Å². The summed E-state index contributed by atoms with van der Waals surface area (Å²) in [7, 11) is 3.05. The Kier molecular flexibility index (Phi) is 6.00. The minimum Gasteiger partial charge on any atom is -0.497 e. The largest absolute Gasteiger partial charge is 0.497 e. The maximum Gasteiger partial charge on any atom is 0.301 e. The Bertz CT molecular complexity index is 1420. The second kappa shape index (κ2) is 9.04. The third-order valence-electron chi connectivity index (χ3n) is 4.71. The zero-order chi connectivity index (χ0) is 23.5. The summed E-state index contributed by atoms with van der Waals surface area (Å²) in [5.74, 6) is 1.05. The molecule has 168 valence electrons. The molecule has 0 atom stereocenters. The lowest BCUT2D eigenvalue weighted by molar-refractivity contribution is -0.384. The zero-order valence-corrected chi connectivity index (χ0v) is 18.6. The van der Waals surface area contributed by atoms with Crippen LogP contribution in [0.2, 0.25) is 0 Å². The third kappa shape index (κ3) is 4.36. The number of rotatable bonds is 7. The predicted octanol–water partition coefficient (Wildman–Crippen LogP) is 4.94. The Balaban J connectivity index is 1.67. The smallest absolute Gasteiger partial charge is 0.301 e. The van der Waals surface area contributed by atoms with Gasteiger partial charge in [0.2, 0.25) is 5.13 Å². The van der Waals surface area contributed by atoms with E-state index in [1.165, 1.54) is 42.4 Å². The molecule has 4 rings (SSSR count). The Hall–Kier alpha value is -4.32. The van der Waals surface area contributed by atoms with Crippen LogP contribution in [0.5, 0.6) is 11.5 Å². The highest BCUT2D eigenvalue weighted by Gasteiger charge is 2.17. The summed E-state index contributed by atoms with van der Waals surface area (Å²) in [4.78, 5) is 28.5. The molecule has 0 aliphatic rings. The fourth-order valence-corrected chi connectivity index (χ4v) is 3.92. The molecule has 0 unspecified atom stereocenters. The number of hydrogen-bond donors (Lipinski definition) is 1. The van der Waals surface area contributed by atoms with Crippen LogP contribution in [-0.4, -0.2) is 33.9 Å². The Morgan fingerprint density at radius 2 is 1.97 bits per heavy atom. The number of nitrogens with zero attached hydrogens (tertiary/aromatic N) is 5. The Labute approximate surface area is 191 Å². The second-order valence-electron chi connectivity index (χ2n) is 6.78. The molecule has 0 fully saturated rings. The fraction of sp³-hybridized carbons (Fsp3) is 0.143. The number of benzene rings is 2. The number of azo groups is 1. The first-order valence-corrected chi connectivity index (χ1v) is 10.4. The highest BCUT2D eigenvalue weighted by Crippen LogP contribution is 2.33. The van der Waals surface area contributed by atoms with E-state index in [1.54, 1.807) is 43.5 Å². The number of aryl methyl sites for hydroxylation is 1. The molecule has 0 bridgehead atoms. The van der Waals surface area contributed by atoms with Gasteiger partial charge in [-0.25, -0.2) is 4.98 Å². The van der Waals surface area contributed by atoms with Crippen LogP contribution >= 0.6 is 11.3 Å². The van der Waals surface area contributed by atoms with Gasteiger partial charge in [0.1, 0.15) is 17.2 Å². The van der Waals surface area contributed by atoms with E-state index in [9.17, 15) is 14.9 Å². The minimum atomic E-state index is -0.459. The Morgan fingerprint density at radius 1 is 1.15 bits per heavy atom. The molecule has 1 N–H and O–H groups in total. The van der Waals surface area contributed by atoms with Gasteiger partial charge in [-0.2, -0.15) is 4.68 Å². The first-order chi connectivity index (χ1) is 15.9. The van der Waals surface area contributed by atoms with Crippen LogP contribution in [-0.2, 0) is 0 Å². The normalized spacial score (nSPS) is 11.1. The number of hydrogen-bond acceptors (Lipinski definition) is 9. The molecule has 0 aliphatic heterocycles. The number of thiazole rings is 1. The lowest BCUT2D eigenvalue weighted by Crippen LogP contribution is -2.13. The summed E-state index contributed by atoms with van der Waals surface area (Å²) in [6.07, 6.45) is 1.56. The highest BCUT2D eigenvalue weighted by atomic mass is 32.1. The highest BCUT2D eigenvalue weighted by molar-refractivity contribution is 7.17. The van der Waals surface area contributed by atoms with Crippen LogP contribution in [0, 0.1) is 17.0 Å². The van der Waals surface area contributed by atoms with E-state index in [4.69, 9.17) is 9.47 Å². The third-order valence-corrected chi connectivity index (χ3v) is 5.74. The first kappa shape index (κ1) is 21.9. The number of nitro benzene ring substituents is 1.